The number of anilines is 3. The number of hydrogen-bond donors (Lipinski definition) is 2. The molecule has 0 atom stereocenters. The maximum Gasteiger partial charge on any atom is 0.234 e. The highest BCUT2D eigenvalue weighted by atomic mass is 32.2. The average molecular weight is 381 g/mol. The maximum atomic E-state index is 12.1. The lowest BCUT2D eigenvalue weighted by Gasteiger charge is -2.05. The number of hydrogen-bond acceptors (Lipinski definition) is 7. The molecule has 130 valence electrons. The largest absolute Gasteiger partial charge is 0.330 e. The summed E-state index contributed by atoms with van der Waals surface area (Å²) in [6.07, 6.45) is 0. The smallest absolute Gasteiger partial charge is 0.234 e. The van der Waals surface area contributed by atoms with Gasteiger partial charge in [-0.2, -0.15) is 5.26 Å². The second-order valence-corrected chi connectivity index (χ2v) is 7.56. The van der Waals surface area contributed by atoms with Crippen LogP contribution in [0.4, 0.5) is 16.5 Å². The van der Waals surface area contributed by atoms with E-state index in [1.165, 1.54) is 23.1 Å². The van der Waals surface area contributed by atoms with E-state index in [1.807, 2.05) is 31.2 Å². The molecule has 8 heteroatoms. The van der Waals surface area contributed by atoms with Crippen molar-refractivity contribution in [3.05, 3.63) is 59.7 Å². The monoisotopic (exact) mass is 381 g/mol. The highest BCUT2D eigenvalue weighted by Crippen LogP contribution is 2.28. The molecule has 0 saturated carbocycles. The number of nitrogens with one attached hydrogen (secondary N) is 2. The van der Waals surface area contributed by atoms with Gasteiger partial charge in [-0.15, -0.1) is 10.2 Å². The third-order valence-electron chi connectivity index (χ3n) is 3.32. The summed E-state index contributed by atoms with van der Waals surface area (Å²) in [6.45, 7) is 2.02. The predicted octanol–water partition coefficient (Wildman–Crippen LogP) is 4.19. The molecule has 6 nitrogen and oxygen atoms in total. The zero-order chi connectivity index (χ0) is 18.4. The fraction of sp³-hybridized carbons (Fsp3) is 0.111. The van der Waals surface area contributed by atoms with Gasteiger partial charge in [-0.1, -0.05) is 47.4 Å². The van der Waals surface area contributed by atoms with E-state index in [-0.39, 0.29) is 11.7 Å². The normalized spacial score (nSPS) is 10.2. The molecule has 26 heavy (non-hydrogen) atoms. The van der Waals surface area contributed by atoms with Crippen LogP contribution in [0, 0.1) is 18.3 Å². The molecule has 1 amide bonds. The van der Waals surface area contributed by atoms with Crippen LogP contribution < -0.4 is 10.6 Å². The van der Waals surface area contributed by atoms with E-state index in [2.05, 4.69) is 26.9 Å². The lowest BCUT2D eigenvalue weighted by Crippen LogP contribution is -2.14. The lowest BCUT2D eigenvalue weighted by molar-refractivity contribution is -0.113. The van der Waals surface area contributed by atoms with Gasteiger partial charge in [-0.3, -0.25) is 4.79 Å². The van der Waals surface area contributed by atoms with Crippen LogP contribution in [0.5, 0.6) is 0 Å². The Morgan fingerprint density at radius 3 is 2.88 bits per heavy atom. The van der Waals surface area contributed by atoms with E-state index >= 15 is 0 Å². The first-order valence-electron chi connectivity index (χ1n) is 7.73. The predicted molar refractivity (Wildman–Crippen MR) is 105 cm³/mol. The topological polar surface area (TPSA) is 90.7 Å². The standard InChI is InChI=1S/C18H15N5OS2/c1-12-5-4-7-14(9-12)20-17-22-23-18(26-17)25-11-16(24)21-15-8-3-2-6-13(15)10-19/h2-9H,11H2,1H3,(H,20,22)(H,21,24). The Morgan fingerprint density at radius 2 is 2.08 bits per heavy atom. The minimum Gasteiger partial charge on any atom is -0.330 e. The van der Waals surface area contributed by atoms with Crippen LogP contribution in [0.3, 0.4) is 0 Å². The minimum absolute atomic E-state index is 0.193. The van der Waals surface area contributed by atoms with Gasteiger partial charge < -0.3 is 10.6 Å². The summed E-state index contributed by atoms with van der Waals surface area (Å²) in [5.41, 5.74) is 3.05. The van der Waals surface area contributed by atoms with Crippen molar-refractivity contribution in [2.75, 3.05) is 16.4 Å². The molecule has 0 bridgehead atoms. The summed E-state index contributed by atoms with van der Waals surface area (Å²) >= 11 is 2.69. The van der Waals surface area contributed by atoms with Crippen LogP contribution in [-0.2, 0) is 4.79 Å². The van der Waals surface area contributed by atoms with Crippen LogP contribution in [0.1, 0.15) is 11.1 Å². The molecule has 2 aromatic carbocycles. The number of para-hydroxylation sites is 1. The Kier molecular flexibility index (Phi) is 5.84. The van der Waals surface area contributed by atoms with Crippen molar-refractivity contribution in [1.29, 1.82) is 5.26 Å². The Hall–Kier alpha value is -2.89. The molecule has 0 radical (unpaired) electrons. The molecule has 0 fully saturated rings. The minimum atomic E-state index is -0.193. The third kappa shape index (κ3) is 4.81. The summed E-state index contributed by atoms with van der Waals surface area (Å²) < 4.78 is 0.698. The van der Waals surface area contributed by atoms with Crippen molar-refractivity contribution in [2.24, 2.45) is 0 Å². The van der Waals surface area contributed by atoms with Gasteiger partial charge in [0.25, 0.3) is 0 Å². The molecular weight excluding hydrogens is 366 g/mol. The molecule has 0 spiro atoms. The Morgan fingerprint density at radius 1 is 1.23 bits per heavy atom. The van der Waals surface area contributed by atoms with Crippen molar-refractivity contribution in [2.45, 2.75) is 11.3 Å². The van der Waals surface area contributed by atoms with Gasteiger partial charge in [0, 0.05) is 5.69 Å². The number of thioether (sulfide) groups is 1. The molecule has 0 saturated heterocycles. The Balaban J connectivity index is 1.54. The molecule has 1 heterocycles. The van der Waals surface area contributed by atoms with Crippen molar-refractivity contribution in [3.63, 3.8) is 0 Å². The number of benzene rings is 2. The number of carbonyl (C=O) groups is 1. The van der Waals surface area contributed by atoms with E-state index in [0.717, 1.165) is 11.3 Å². The Bertz CT molecular complexity index is 964. The van der Waals surface area contributed by atoms with Crippen LogP contribution in [0.15, 0.2) is 52.9 Å². The fourth-order valence-corrected chi connectivity index (χ4v) is 3.74. The number of amides is 1. The van der Waals surface area contributed by atoms with Gasteiger partial charge >= 0.3 is 0 Å². The van der Waals surface area contributed by atoms with Crippen molar-refractivity contribution in [1.82, 2.24) is 10.2 Å². The number of aryl methyl sites for hydroxylation is 1. The van der Waals surface area contributed by atoms with Crippen molar-refractivity contribution in [3.8, 4) is 6.07 Å². The molecule has 3 rings (SSSR count). The summed E-state index contributed by atoms with van der Waals surface area (Å²) in [7, 11) is 0. The van der Waals surface area contributed by atoms with E-state index < -0.39 is 0 Å². The second kappa shape index (κ2) is 8.47. The van der Waals surface area contributed by atoms with Gasteiger partial charge in [-0.25, -0.2) is 0 Å². The number of nitrogens with zero attached hydrogens (tertiary/aromatic N) is 3. The number of nitriles is 1. The highest BCUT2D eigenvalue weighted by molar-refractivity contribution is 8.01. The van der Waals surface area contributed by atoms with Gasteiger partial charge in [0.15, 0.2) is 4.34 Å². The zero-order valence-electron chi connectivity index (χ0n) is 13.9. The SMILES string of the molecule is Cc1cccc(Nc2nnc(SCC(=O)Nc3ccccc3C#N)s2)c1. The maximum absolute atomic E-state index is 12.1. The molecule has 3 aromatic rings. The van der Waals surface area contributed by atoms with Gasteiger partial charge in [-0.05, 0) is 36.8 Å². The first kappa shape index (κ1) is 17.9. The van der Waals surface area contributed by atoms with E-state index in [1.54, 1.807) is 24.3 Å². The van der Waals surface area contributed by atoms with Gasteiger partial charge in [0.05, 0.1) is 17.0 Å². The van der Waals surface area contributed by atoms with E-state index in [4.69, 9.17) is 5.26 Å². The summed E-state index contributed by atoms with van der Waals surface area (Å²) in [5, 5.41) is 23.8. The Labute approximate surface area is 159 Å². The molecule has 2 N–H and O–H groups in total. The van der Waals surface area contributed by atoms with Crippen LogP contribution in [-0.4, -0.2) is 21.9 Å². The summed E-state index contributed by atoms with van der Waals surface area (Å²) in [6, 6.07) is 16.9. The van der Waals surface area contributed by atoms with Crippen LogP contribution >= 0.6 is 23.1 Å². The first-order valence-corrected chi connectivity index (χ1v) is 9.53. The molecule has 0 aliphatic heterocycles. The first-order chi connectivity index (χ1) is 12.6. The molecule has 0 unspecified atom stereocenters. The number of rotatable bonds is 6. The molecule has 0 aliphatic rings. The average Bonchev–Trinajstić information content (AvgIpc) is 3.08. The highest BCUT2D eigenvalue weighted by Gasteiger charge is 2.10. The lowest BCUT2D eigenvalue weighted by atomic mass is 10.2. The zero-order valence-corrected chi connectivity index (χ0v) is 15.5. The fourth-order valence-electron chi connectivity index (χ4n) is 2.17. The van der Waals surface area contributed by atoms with Gasteiger partial charge in [0.1, 0.15) is 6.07 Å². The third-order valence-corrected chi connectivity index (χ3v) is 5.30. The quantitative estimate of drug-likeness (QED) is 0.622. The molecule has 1 aromatic heterocycles. The number of aromatic nitrogens is 2. The van der Waals surface area contributed by atoms with E-state index in [9.17, 15) is 4.79 Å². The van der Waals surface area contributed by atoms with Crippen LogP contribution in [0.25, 0.3) is 0 Å². The van der Waals surface area contributed by atoms with Crippen molar-refractivity contribution < 1.29 is 4.79 Å². The number of carbonyl (C=O) groups excluding carboxylic acids is 1. The molecular formula is C18H15N5OS2. The van der Waals surface area contributed by atoms with Crippen LogP contribution in [0.2, 0.25) is 0 Å². The second-order valence-electron chi connectivity index (χ2n) is 5.36. The van der Waals surface area contributed by atoms with Gasteiger partial charge in [0.2, 0.25) is 11.0 Å². The molecule has 0 aliphatic carbocycles. The van der Waals surface area contributed by atoms with Crippen molar-refractivity contribution >= 4 is 45.5 Å². The van der Waals surface area contributed by atoms with E-state index in [0.29, 0.717) is 20.7 Å². The summed E-state index contributed by atoms with van der Waals surface area (Å²) in [4.78, 5) is 12.1. The summed E-state index contributed by atoms with van der Waals surface area (Å²) in [5.74, 6) is -0.000137.